The van der Waals surface area contributed by atoms with Crippen LogP contribution in [0, 0.1) is 0 Å². The second kappa shape index (κ2) is 7.10. The Morgan fingerprint density at radius 1 is 0.917 bits per heavy atom. The van der Waals surface area contributed by atoms with Crippen molar-refractivity contribution in [3.05, 3.63) is 28.8 Å². The fourth-order valence-electron chi connectivity index (χ4n) is 2.38. The van der Waals surface area contributed by atoms with E-state index in [0.717, 1.165) is 0 Å². The molecule has 0 heterocycles. The van der Waals surface area contributed by atoms with Gasteiger partial charge in [0.05, 0.1) is 6.04 Å². The van der Waals surface area contributed by atoms with Gasteiger partial charge in [-0.25, -0.2) is 0 Å². The first-order chi connectivity index (χ1) is 10.1. The molecule has 3 nitrogen and oxygen atoms in total. The average Bonchev–Trinajstić information content (AvgIpc) is 2.33. The number of phenols is 1. The average molecular weight is 370 g/mol. The molecule has 0 radical (unpaired) electrons. The molecule has 1 rings (SSSR count). The molecule has 1 aromatic rings. The summed E-state index contributed by atoms with van der Waals surface area (Å²) in [4.78, 5) is 0. The highest BCUT2D eigenvalue weighted by Crippen LogP contribution is 2.41. The number of aliphatic hydroxyl groups is 1. The van der Waals surface area contributed by atoms with Gasteiger partial charge in [-0.2, -0.15) is 13.2 Å². The number of alkyl halides is 3. The molecule has 140 valence electrons. The van der Waals surface area contributed by atoms with Crippen LogP contribution in [0.1, 0.15) is 64.3 Å². The number of halogens is 4. The lowest BCUT2D eigenvalue weighted by molar-refractivity contribution is -0.210. The molecule has 0 fully saturated rings. The highest BCUT2D eigenvalue weighted by atomic mass is 35.5. The molecule has 0 aliphatic heterocycles. The maximum Gasteiger partial charge on any atom is 0.416 e. The smallest absolute Gasteiger partial charge is 0.416 e. The Labute approximate surface area is 147 Å². The zero-order valence-corrected chi connectivity index (χ0v) is 15.6. The van der Waals surface area contributed by atoms with Gasteiger partial charge >= 0.3 is 6.18 Å². The number of hydrogen-bond acceptors (Lipinski definition) is 3. The van der Waals surface area contributed by atoms with Crippen molar-refractivity contribution in [3.63, 3.8) is 0 Å². The summed E-state index contributed by atoms with van der Waals surface area (Å²) >= 11 is 0. The van der Waals surface area contributed by atoms with Gasteiger partial charge in [-0.05, 0) is 39.7 Å². The van der Waals surface area contributed by atoms with Crippen LogP contribution in [0.3, 0.4) is 0 Å². The molecule has 0 bridgehead atoms. The van der Waals surface area contributed by atoms with Crippen LogP contribution < -0.4 is 5.73 Å². The summed E-state index contributed by atoms with van der Waals surface area (Å²) in [6.07, 6.45) is -7.46. The van der Waals surface area contributed by atoms with Crippen LogP contribution in [0.25, 0.3) is 0 Å². The molecule has 2 atom stereocenters. The molecule has 0 aliphatic carbocycles. The minimum Gasteiger partial charge on any atom is -0.507 e. The SMILES string of the molecule is CC(C)(C)c1cc([C@@H](N)[C@@H](O)C(F)(F)F)cc(C(C)(C)C)c1O.Cl. The van der Waals surface area contributed by atoms with E-state index < -0.39 is 29.2 Å². The zero-order valence-electron chi connectivity index (χ0n) is 14.8. The molecule has 0 saturated heterocycles. The van der Waals surface area contributed by atoms with Gasteiger partial charge in [-0.1, -0.05) is 41.5 Å². The predicted molar refractivity (Wildman–Crippen MR) is 91.7 cm³/mol. The Kier molecular flexibility index (Phi) is 6.81. The largest absolute Gasteiger partial charge is 0.507 e. The van der Waals surface area contributed by atoms with E-state index in [-0.39, 0.29) is 23.7 Å². The van der Waals surface area contributed by atoms with Crippen LogP contribution in [-0.2, 0) is 10.8 Å². The van der Waals surface area contributed by atoms with Crippen LogP contribution in [0.2, 0.25) is 0 Å². The molecular weight excluding hydrogens is 343 g/mol. The molecule has 0 amide bonds. The van der Waals surface area contributed by atoms with Crippen molar-refractivity contribution in [2.24, 2.45) is 5.73 Å². The number of phenolic OH excluding ortho intramolecular Hbond substituents is 1. The first-order valence-electron chi connectivity index (χ1n) is 7.45. The number of aliphatic hydroxyl groups excluding tert-OH is 1. The van der Waals surface area contributed by atoms with Crippen molar-refractivity contribution in [2.75, 3.05) is 0 Å². The summed E-state index contributed by atoms with van der Waals surface area (Å²) in [5, 5.41) is 20.0. The van der Waals surface area contributed by atoms with E-state index in [1.807, 2.05) is 41.5 Å². The topological polar surface area (TPSA) is 66.5 Å². The van der Waals surface area contributed by atoms with Gasteiger partial charge in [-0.15, -0.1) is 12.4 Å². The van der Waals surface area contributed by atoms with E-state index in [1.165, 1.54) is 12.1 Å². The Morgan fingerprint density at radius 3 is 1.50 bits per heavy atom. The minimum atomic E-state index is -4.80. The fourth-order valence-corrected chi connectivity index (χ4v) is 2.38. The van der Waals surface area contributed by atoms with Crippen molar-refractivity contribution in [2.45, 2.75) is 70.7 Å². The van der Waals surface area contributed by atoms with Crippen molar-refractivity contribution < 1.29 is 23.4 Å². The van der Waals surface area contributed by atoms with Crippen molar-refractivity contribution in [1.29, 1.82) is 0 Å². The van der Waals surface area contributed by atoms with E-state index in [9.17, 15) is 23.4 Å². The third-order valence-corrected chi connectivity index (χ3v) is 3.81. The van der Waals surface area contributed by atoms with Crippen LogP contribution in [0.15, 0.2) is 12.1 Å². The highest BCUT2D eigenvalue weighted by molar-refractivity contribution is 5.85. The first kappa shape index (κ1) is 23.0. The normalized spacial score (nSPS) is 15.6. The second-order valence-corrected chi connectivity index (χ2v) is 7.98. The monoisotopic (exact) mass is 369 g/mol. The summed E-state index contributed by atoms with van der Waals surface area (Å²) in [5.41, 5.74) is 5.85. The quantitative estimate of drug-likeness (QED) is 0.726. The number of nitrogens with two attached hydrogens (primary N) is 1. The van der Waals surface area contributed by atoms with Crippen LogP contribution in [-0.4, -0.2) is 22.5 Å². The van der Waals surface area contributed by atoms with E-state index in [1.54, 1.807) is 0 Å². The lowest BCUT2D eigenvalue weighted by Gasteiger charge is -2.30. The molecule has 7 heteroatoms. The highest BCUT2D eigenvalue weighted by Gasteiger charge is 2.43. The Balaban J connectivity index is 0.00000529. The summed E-state index contributed by atoms with van der Waals surface area (Å²) < 4.78 is 38.3. The van der Waals surface area contributed by atoms with E-state index >= 15 is 0 Å². The molecule has 0 unspecified atom stereocenters. The Bertz CT molecular complexity index is 540. The number of rotatable bonds is 2. The van der Waals surface area contributed by atoms with Crippen LogP contribution >= 0.6 is 12.4 Å². The van der Waals surface area contributed by atoms with E-state index in [2.05, 4.69) is 0 Å². The lowest BCUT2D eigenvalue weighted by Crippen LogP contribution is -2.39. The van der Waals surface area contributed by atoms with Gasteiger partial charge in [0.2, 0.25) is 0 Å². The number of benzene rings is 1. The first-order valence-corrected chi connectivity index (χ1v) is 7.45. The van der Waals surface area contributed by atoms with E-state index in [4.69, 9.17) is 5.73 Å². The summed E-state index contributed by atoms with van der Waals surface area (Å²) in [5.74, 6) is 0.0578. The Hall–Kier alpha value is -0.980. The molecule has 0 spiro atoms. The number of aromatic hydroxyl groups is 1. The summed E-state index contributed by atoms with van der Waals surface area (Å²) in [7, 11) is 0. The molecule has 24 heavy (non-hydrogen) atoms. The molecule has 0 aliphatic rings. The maximum absolute atomic E-state index is 12.8. The van der Waals surface area contributed by atoms with Crippen LogP contribution in [0.5, 0.6) is 5.75 Å². The third kappa shape index (κ3) is 5.01. The van der Waals surface area contributed by atoms with Crippen molar-refractivity contribution in [1.82, 2.24) is 0 Å². The predicted octanol–water partition coefficient (Wildman–Crippen LogP) is 4.33. The standard InChI is InChI=1S/C17H26F3NO2.ClH/c1-15(2,3)10-7-9(12(21)14(23)17(18,19)20)8-11(13(10)22)16(4,5)6;/h7-8,12,14,22-23H,21H2,1-6H3;1H/t12-,14-;/m1./s1. The van der Waals surface area contributed by atoms with Crippen molar-refractivity contribution in [3.8, 4) is 5.75 Å². The van der Waals surface area contributed by atoms with Gasteiger partial charge in [0, 0.05) is 0 Å². The molecule has 1 aromatic carbocycles. The number of hydrogen-bond donors (Lipinski definition) is 3. The molecule has 0 saturated carbocycles. The van der Waals surface area contributed by atoms with E-state index in [0.29, 0.717) is 11.1 Å². The second-order valence-electron chi connectivity index (χ2n) is 7.98. The van der Waals surface area contributed by atoms with Gasteiger partial charge in [0.1, 0.15) is 5.75 Å². The molecular formula is C17H27ClF3NO2. The molecule has 4 N–H and O–H groups in total. The maximum atomic E-state index is 12.8. The van der Waals surface area contributed by atoms with Gasteiger partial charge in [0.15, 0.2) is 6.10 Å². The Morgan fingerprint density at radius 2 is 1.25 bits per heavy atom. The fraction of sp³-hybridized carbons (Fsp3) is 0.647. The van der Waals surface area contributed by atoms with Crippen LogP contribution in [0.4, 0.5) is 13.2 Å². The van der Waals surface area contributed by atoms with Gasteiger partial charge in [-0.3, -0.25) is 0 Å². The van der Waals surface area contributed by atoms with Gasteiger partial charge in [0.25, 0.3) is 0 Å². The van der Waals surface area contributed by atoms with Gasteiger partial charge < -0.3 is 15.9 Å². The summed E-state index contributed by atoms with van der Waals surface area (Å²) in [6.45, 7) is 11.1. The molecule has 0 aromatic heterocycles. The summed E-state index contributed by atoms with van der Waals surface area (Å²) in [6, 6.07) is 1.28. The minimum absolute atomic E-state index is 0. The lowest BCUT2D eigenvalue weighted by atomic mass is 9.77. The van der Waals surface area contributed by atoms with Crippen molar-refractivity contribution >= 4 is 12.4 Å². The zero-order chi connectivity index (χ0) is 18.4. The third-order valence-electron chi connectivity index (χ3n) is 3.81.